The third-order valence-corrected chi connectivity index (χ3v) is 2.67. The lowest BCUT2D eigenvalue weighted by atomic mass is 10.3. The molecule has 1 aliphatic rings. The monoisotopic (exact) mass is 273 g/mol. The van der Waals surface area contributed by atoms with Crippen LogP contribution in [0.1, 0.15) is 12.1 Å². The van der Waals surface area contributed by atoms with Crippen LogP contribution in [0.15, 0.2) is 16.7 Å². The Morgan fingerprint density at radius 3 is 3.13 bits per heavy atom. The van der Waals surface area contributed by atoms with Gasteiger partial charge in [0.05, 0.1) is 19.8 Å². The van der Waals surface area contributed by atoms with Crippen molar-refractivity contribution in [2.45, 2.75) is 19.1 Å². The number of nitrogens with zero attached hydrogens (tertiary/aromatic N) is 1. The molecule has 0 spiro atoms. The molecule has 15 heavy (non-hydrogen) atoms. The van der Waals surface area contributed by atoms with Gasteiger partial charge in [-0.15, -0.1) is 0 Å². The number of aromatic nitrogens is 1. The van der Waals surface area contributed by atoms with Gasteiger partial charge in [-0.25, -0.2) is 4.98 Å². The van der Waals surface area contributed by atoms with Crippen LogP contribution in [0.2, 0.25) is 0 Å². The molecular weight excluding hydrogens is 262 g/mol. The normalized spacial score (nSPS) is 20.5. The zero-order valence-electron chi connectivity index (χ0n) is 8.15. The summed E-state index contributed by atoms with van der Waals surface area (Å²) in [6.07, 6.45) is 0.972. The molecule has 0 unspecified atom stereocenters. The molecule has 0 radical (unpaired) electrons. The maximum atomic E-state index is 9.12. The maximum absolute atomic E-state index is 9.12. The average molecular weight is 274 g/mol. The van der Waals surface area contributed by atoms with E-state index in [1.165, 1.54) is 0 Å². The molecule has 5 heteroatoms. The highest BCUT2D eigenvalue weighted by molar-refractivity contribution is 9.10. The Morgan fingerprint density at radius 1 is 1.60 bits per heavy atom. The van der Waals surface area contributed by atoms with E-state index in [0.29, 0.717) is 22.7 Å². The Balaban J connectivity index is 2.12. The molecule has 0 amide bonds. The lowest BCUT2D eigenvalue weighted by molar-refractivity contribution is 0.138. The molecule has 1 fully saturated rings. The Hall–Kier alpha value is -0.650. The predicted molar refractivity (Wildman–Crippen MR) is 57.7 cm³/mol. The van der Waals surface area contributed by atoms with Crippen LogP contribution in [0.4, 0.5) is 0 Å². The first-order chi connectivity index (χ1) is 7.29. The molecule has 2 heterocycles. The summed E-state index contributed by atoms with van der Waals surface area (Å²) in [7, 11) is 0. The molecule has 0 aromatic carbocycles. The fourth-order valence-corrected chi connectivity index (χ4v) is 1.81. The molecule has 1 aliphatic heterocycles. The number of hydrogen-bond acceptors (Lipinski definition) is 4. The standard InChI is InChI=1S/C10H12BrNO3/c11-10-2-1-9(8(5-13)12-10)15-7-3-4-14-6-7/h1-2,7,13H,3-6H2/t7-/m1/s1. The molecule has 2 rings (SSSR count). The van der Waals surface area contributed by atoms with E-state index in [9.17, 15) is 0 Å². The van der Waals surface area contributed by atoms with Gasteiger partial charge in [0, 0.05) is 6.42 Å². The molecule has 82 valence electrons. The summed E-state index contributed by atoms with van der Waals surface area (Å²) < 4.78 is 11.6. The molecular formula is C10H12BrNO3. The predicted octanol–water partition coefficient (Wildman–Crippen LogP) is 1.50. The Bertz CT molecular complexity index is 339. The van der Waals surface area contributed by atoms with Gasteiger partial charge in [0.15, 0.2) is 0 Å². The van der Waals surface area contributed by atoms with Crippen LogP contribution in [0, 0.1) is 0 Å². The molecule has 4 nitrogen and oxygen atoms in total. The first kappa shape index (κ1) is 10.9. The zero-order chi connectivity index (χ0) is 10.7. The lowest BCUT2D eigenvalue weighted by Crippen LogP contribution is -2.17. The second-order valence-electron chi connectivity index (χ2n) is 3.34. The summed E-state index contributed by atoms with van der Waals surface area (Å²) in [5.41, 5.74) is 0.552. The Labute approximate surface area is 96.4 Å². The molecule has 0 aliphatic carbocycles. The van der Waals surface area contributed by atoms with Gasteiger partial charge in [-0.1, -0.05) is 0 Å². The van der Waals surface area contributed by atoms with Gasteiger partial charge >= 0.3 is 0 Å². The largest absolute Gasteiger partial charge is 0.486 e. The fourth-order valence-electron chi connectivity index (χ4n) is 1.47. The van der Waals surface area contributed by atoms with Gasteiger partial charge in [-0.05, 0) is 28.1 Å². The van der Waals surface area contributed by atoms with E-state index in [2.05, 4.69) is 20.9 Å². The molecule has 1 saturated heterocycles. The van der Waals surface area contributed by atoms with Crippen molar-refractivity contribution in [3.8, 4) is 5.75 Å². The molecule has 1 N–H and O–H groups in total. The first-order valence-electron chi connectivity index (χ1n) is 4.80. The van der Waals surface area contributed by atoms with Crippen molar-refractivity contribution in [1.29, 1.82) is 0 Å². The van der Waals surface area contributed by atoms with Crippen molar-refractivity contribution in [3.05, 3.63) is 22.4 Å². The summed E-state index contributed by atoms with van der Waals surface area (Å²) in [6, 6.07) is 3.60. The van der Waals surface area contributed by atoms with Crippen LogP contribution in [0.5, 0.6) is 5.75 Å². The number of ether oxygens (including phenoxy) is 2. The van der Waals surface area contributed by atoms with Crippen LogP contribution in [0.3, 0.4) is 0 Å². The van der Waals surface area contributed by atoms with Gasteiger partial charge in [0.2, 0.25) is 0 Å². The SMILES string of the molecule is OCc1nc(Br)ccc1O[C@@H]1CCOC1. The fraction of sp³-hybridized carbons (Fsp3) is 0.500. The third kappa shape index (κ3) is 2.68. The van der Waals surface area contributed by atoms with Gasteiger partial charge in [-0.2, -0.15) is 0 Å². The summed E-state index contributed by atoms with van der Waals surface area (Å²) in [4.78, 5) is 4.13. The second kappa shape index (κ2) is 4.92. The van der Waals surface area contributed by atoms with Crippen molar-refractivity contribution in [2.75, 3.05) is 13.2 Å². The van der Waals surface area contributed by atoms with Crippen molar-refractivity contribution >= 4 is 15.9 Å². The van der Waals surface area contributed by atoms with E-state index >= 15 is 0 Å². The number of aliphatic hydroxyl groups is 1. The molecule has 0 saturated carbocycles. The van der Waals surface area contributed by atoms with Crippen molar-refractivity contribution in [2.24, 2.45) is 0 Å². The lowest BCUT2D eigenvalue weighted by Gasteiger charge is -2.14. The second-order valence-corrected chi connectivity index (χ2v) is 4.15. The molecule has 0 bridgehead atoms. The van der Waals surface area contributed by atoms with Crippen LogP contribution in [-0.4, -0.2) is 29.4 Å². The Kier molecular flexibility index (Phi) is 3.56. The summed E-state index contributed by atoms with van der Waals surface area (Å²) >= 11 is 3.25. The van der Waals surface area contributed by atoms with Crippen molar-refractivity contribution in [3.63, 3.8) is 0 Å². The maximum Gasteiger partial charge on any atom is 0.143 e. The summed E-state index contributed by atoms with van der Waals surface area (Å²) in [6.45, 7) is 1.23. The summed E-state index contributed by atoms with van der Waals surface area (Å²) in [5.74, 6) is 0.635. The number of halogens is 1. The minimum Gasteiger partial charge on any atom is -0.486 e. The highest BCUT2D eigenvalue weighted by Crippen LogP contribution is 2.22. The van der Waals surface area contributed by atoms with Crippen molar-refractivity contribution in [1.82, 2.24) is 4.98 Å². The van der Waals surface area contributed by atoms with Gasteiger partial charge in [0.1, 0.15) is 22.2 Å². The van der Waals surface area contributed by atoms with Gasteiger partial charge < -0.3 is 14.6 Å². The van der Waals surface area contributed by atoms with Crippen LogP contribution in [0.25, 0.3) is 0 Å². The smallest absolute Gasteiger partial charge is 0.143 e. The molecule has 1 aromatic heterocycles. The molecule has 1 aromatic rings. The highest BCUT2D eigenvalue weighted by Gasteiger charge is 2.18. The first-order valence-corrected chi connectivity index (χ1v) is 5.59. The minimum absolute atomic E-state index is 0.0817. The van der Waals surface area contributed by atoms with E-state index in [4.69, 9.17) is 14.6 Å². The number of rotatable bonds is 3. The topological polar surface area (TPSA) is 51.6 Å². The van der Waals surface area contributed by atoms with Crippen LogP contribution in [-0.2, 0) is 11.3 Å². The summed E-state index contributed by atoms with van der Waals surface area (Å²) in [5, 5.41) is 9.12. The Morgan fingerprint density at radius 2 is 2.47 bits per heavy atom. The van der Waals surface area contributed by atoms with Crippen LogP contribution >= 0.6 is 15.9 Å². The van der Waals surface area contributed by atoms with Gasteiger partial charge in [0.25, 0.3) is 0 Å². The quantitative estimate of drug-likeness (QED) is 0.849. The number of pyridine rings is 1. The van der Waals surface area contributed by atoms with E-state index in [1.54, 1.807) is 12.1 Å². The number of aliphatic hydroxyl groups excluding tert-OH is 1. The van der Waals surface area contributed by atoms with Crippen LogP contribution < -0.4 is 4.74 Å². The molecule has 1 atom stereocenters. The minimum atomic E-state index is -0.123. The van der Waals surface area contributed by atoms with Gasteiger partial charge in [-0.3, -0.25) is 0 Å². The highest BCUT2D eigenvalue weighted by atomic mass is 79.9. The van der Waals surface area contributed by atoms with E-state index in [1.807, 2.05) is 0 Å². The average Bonchev–Trinajstić information content (AvgIpc) is 2.73. The van der Waals surface area contributed by atoms with E-state index < -0.39 is 0 Å². The number of hydrogen-bond donors (Lipinski definition) is 1. The van der Waals surface area contributed by atoms with E-state index in [0.717, 1.165) is 13.0 Å². The van der Waals surface area contributed by atoms with Crippen molar-refractivity contribution < 1.29 is 14.6 Å². The van der Waals surface area contributed by atoms with E-state index in [-0.39, 0.29) is 12.7 Å². The third-order valence-electron chi connectivity index (χ3n) is 2.23. The zero-order valence-corrected chi connectivity index (χ0v) is 9.74.